The molecule has 0 aromatic heterocycles. The van der Waals surface area contributed by atoms with Crippen molar-refractivity contribution in [3.05, 3.63) is 0 Å². The summed E-state index contributed by atoms with van der Waals surface area (Å²) in [6.07, 6.45) is 3.13. The van der Waals surface area contributed by atoms with Gasteiger partial charge in [0, 0.05) is 41.6 Å². The Morgan fingerprint density at radius 3 is 2.67 bits per heavy atom. The van der Waals surface area contributed by atoms with E-state index in [2.05, 4.69) is 37.9 Å². The molecule has 1 heterocycles. The average Bonchev–Trinajstić information content (AvgIpc) is 3.01. The fourth-order valence-corrected chi connectivity index (χ4v) is 3.25. The molecule has 2 aliphatic rings. The summed E-state index contributed by atoms with van der Waals surface area (Å²) in [6.45, 7) is 9.89. The molecule has 1 saturated heterocycles. The Balaban J connectivity index is 1.71. The van der Waals surface area contributed by atoms with Crippen molar-refractivity contribution in [2.24, 2.45) is 0 Å². The zero-order chi connectivity index (χ0) is 13.3. The summed E-state index contributed by atoms with van der Waals surface area (Å²) in [5.74, 6) is 1.46. The van der Waals surface area contributed by atoms with E-state index in [-0.39, 0.29) is 0 Å². The first-order chi connectivity index (χ1) is 8.35. The van der Waals surface area contributed by atoms with Crippen molar-refractivity contribution in [2.45, 2.75) is 69.8 Å². The SMILES string of the molecule is C[C@H](CSC(C)(C)C)N[C@H]1CC(=O)N(C2CC2)C1. The Hall–Kier alpha value is -0.220. The molecule has 0 bridgehead atoms. The monoisotopic (exact) mass is 270 g/mol. The zero-order valence-corrected chi connectivity index (χ0v) is 12.8. The average molecular weight is 270 g/mol. The lowest BCUT2D eigenvalue weighted by atomic mass is 10.2. The first-order valence-corrected chi connectivity index (χ1v) is 8.03. The normalized spacial score (nSPS) is 26.8. The van der Waals surface area contributed by atoms with Crippen LogP contribution in [0.2, 0.25) is 0 Å². The number of hydrogen-bond acceptors (Lipinski definition) is 3. The van der Waals surface area contributed by atoms with Gasteiger partial charge < -0.3 is 10.2 Å². The van der Waals surface area contributed by atoms with Gasteiger partial charge in [0.1, 0.15) is 0 Å². The highest BCUT2D eigenvalue weighted by molar-refractivity contribution is 8.00. The molecule has 1 aliphatic carbocycles. The fourth-order valence-electron chi connectivity index (χ4n) is 2.41. The summed E-state index contributed by atoms with van der Waals surface area (Å²) < 4.78 is 0.321. The standard InChI is InChI=1S/C14H26N2OS/c1-10(9-18-14(2,3)4)15-11-7-13(17)16(8-11)12-5-6-12/h10-12,15H,5-9H2,1-4H3/t10-,11+/m1/s1. The lowest BCUT2D eigenvalue weighted by molar-refractivity contribution is -0.128. The number of amides is 1. The molecule has 2 fully saturated rings. The van der Waals surface area contributed by atoms with Crippen molar-refractivity contribution in [2.75, 3.05) is 12.3 Å². The van der Waals surface area contributed by atoms with Crippen molar-refractivity contribution >= 4 is 17.7 Å². The van der Waals surface area contributed by atoms with Gasteiger partial charge in [0.25, 0.3) is 0 Å². The number of likely N-dealkylation sites (tertiary alicyclic amines) is 1. The Bertz CT molecular complexity index is 309. The first kappa shape index (κ1) is 14.2. The second kappa shape index (κ2) is 5.41. The van der Waals surface area contributed by atoms with Crippen LogP contribution in [0.15, 0.2) is 0 Å². The van der Waals surface area contributed by atoms with Crippen LogP contribution in [0.5, 0.6) is 0 Å². The molecule has 0 radical (unpaired) electrons. The molecule has 18 heavy (non-hydrogen) atoms. The summed E-state index contributed by atoms with van der Waals surface area (Å²) in [7, 11) is 0. The van der Waals surface area contributed by atoms with Gasteiger partial charge >= 0.3 is 0 Å². The number of hydrogen-bond donors (Lipinski definition) is 1. The number of nitrogens with zero attached hydrogens (tertiary/aromatic N) is 1. The molecule has 1 aliphatic heterocycles. The van der Waals surface area contributed by atoms with Gasteiger partial charge in [0.15, 0.2) is 0 Å². The number of carbonyl (C=O) groups excluding carboxylic acids is 1. The van der Waals surface area contributed by atoms with Crippen LogP contribution in [-0.4, -0.2) is 46.0 Å². The van der Waals surface area contributed by atoms with E-state index in [1.54, 1.807) is 0 Å². The largest absolute Gasteiger partial charge is 0.338 e. The minimum atomic E-state index is 0.321. The van der Waals surface area contributed by atoms with Crippen LogP contribution in [0.1, 0.15) is 47.0 Å². The molecule has 4 heteroatoms. The van der Waals surface area contributed by atoms with E-state index in [4.69, 9.17) is 0 Å². The molecule has 104 valence electrons. The van der Waals surface area contributed by atoms with Gasteiger partial charge in [-0.1, -0.05) is 20.8 Å². The summed E-state index contributed by atoms with van der Waals surface area (Å²) in [6, 6.07) is 1.42. The van der Waals surface area contributed by atoms with Gasteiger partial charge in [0.2, 0.25) is 5.91 Å². The summed E-state index contributed by atoms with van der Waals surface area (Å²) in [5.41, 5.74) is 0. The number of nitrogens with one attached hydrogen (secondary N) is 1. The molecule has 1 N–H and O–H groups in total. The first-order valence-electron chi connectivity index (χ1n) is 7.04. The maximum absolute atomic E-state index is 11.8. The fraction of sp³-hybridized carbons (Fsp3) is 0.929. The van der Waals surface area contributed by atoms with Gasteiger partial charge in [-0.05, 0) is 19.8 Å². The third-order valence-electron chi connectivity index (χ3n) is 3.43. The van der Waals surface area contributed by atoms with Crippen molar-refractivity contribution in [1.29, 1.82) is 0 Å². The van der Waals surface area contributed by atoms with Crippen LogP contribution in [0.25, 0.3) is 0 Å². The van der Waals surface area contributed by atoms with Crippen LogP contribution < -0.4 is 5.32 Å². The molecule has 0 spiro atoms. The van der Waals surface area contributed by atoms with Crippen molar-refractivity contribution < 1.29 is 4.79 Å². The number of carbonyl (C=O) groups is 1. The third-order valence-corrected chi connectivity index (χ3v) is 4.97. The van der Waals surface area contributed by atoms with Crippen LogP contribution >= 0.6 is 11.8 Å². The van der Waals surface area contributed by atoms with Gasteiger partial charge in [-0.15, -0.1) is 0 Å². The van der Waals surface area contributed by atoms with E-state index in [1.807, 2.05) is 11.8 Å². The zero-order valence-electron chi connectivity index (χ0n) is 12.0. The topological polar surface area (TPSA) is 32.3 Å². The predicted molar refractivity (Wildman–Crippen MR) is 77.9 cm³/mol. The minimum absolute atomic E-state index is 0.321. The Morgan fingerprint density at radius 2 is 2.11 bits per heavy atom. The van der Waals surface area contributed by atoms with Gasteiger partial charge in [0.05, 0.1) is 0 Å². The van der Waals surface area contributed by atoms with Crippen molar-refractivity contribution in [3.63, 3.8) is 0 Å². The Morgan fingerprint density at radius 1 is 1.44 bits per heavy atom. The van der Waals surface area contributed by atoms with E-state index in [9.17, 15) is 4.79 Å². The highest BCUT2D eigenvalue weighted by atomic mass is 32.2. The molecule has 1 saturated carbocycles. The molecule has 2 atom stereocenters. The highest BCUT2D eigenvalue weighted by Gasteiger charge is 2.39. The maximum atomic E-state index is 11.8. The van der Waals surface area contributed by atoms with Crippen LogP contribution in [-0.2, 0) is 4.79 Å². The van der Waals surface area contributed by atoms with E-state index < -0.39 is 0 Å². The van der Waals surface area contributed by atoms with Crippen LogP contribution in [0.3, 0.4) is 0 Å². The van der Waals surface area contributed by atoms with E-state index in [1.165, 1.54) is 12.8 Å². The molecule has 0 aromatic rings. The molecule has 2 rings (SSSR count). The molecule has 0 unspecified atom stereocenters. The third kappa shape index (κ3) is 4.16. The minimum Gasteiger partial charge on any atom is -0.338 e. The summed E-state index contributed by atoms with van der Waals surface area (Å²) >= 11 is 1.98. The molecule has 1 amide bonds. The predicted octanol–water partition coefficient (Wildman–Crippen LogP) is 2.26. The van der Waals surface area contributed by atoms with Crippen molar-refractivity contribution in [1.82, 2.24) is 10.2 Å². The molecular weight excluding hydrogens is 244 g/mol. The lowest BCUT2D eigenvalue weighted by Crippen LogP contribution is -2.40. The molecule has 0 aromatic carbocycles. The quantitative estimate of drug-likeness (QED) is 0.832. The van der Waals surface area contributed by atoms with Crippen LogP contribution in [0.4, 0.5) is 0 Å². The number of rotatable bonds is 5. The van der Waals surface area contributed by atoms with E-state index in [0.29, 0.717) is 35.2 Å². The molecular formula is C14H26N2OS. The van der Waals surface area contributed by atoms with Crippen molar-refractivity contribution in [3.8, 4) is 0 Å². The second-order valence-corrected chi connectivity index (χ2v) is 8.52. The maximum Gasteiger partial charge on any atom is 0.224 e. The lowest BCUT2D eigenvalue weighted by Gasteiger charge is -2.24. The van der Waals surface area contributed by atoms with Crippen LogP contribution in [0, 0.1) is 0 Å². The van der Waals surface area contributed by atoms with E-state index in [0.717, 1.165) is 12.3 Å². The summed E-state index contributed by atoms with van der Waals surface area (Å²) in [4.78, 5) is 13.9. The van der Waals surface area contributed by atoms with Gasteiger partial charge in [-0.3, -0.25) is 4.79 Å². The Labute approximate surface area is 115 Å². The molecule has 3 nitrogen and oxygen atoms in total. The smallest absolute Gasteiger partial charge is 0.224 e. The summed E-state index contributed by atoms with van der Waals surface area (Å²) in [5, 5.41) is 3.61. The Kier molecular flexibility index (Phi) is 4.27. The second-order valence-electron chi connectivity index (χ2n) is 6.67. The van der Waals surface area contributed by atoms with Gasteiger partial charge in [-0.25, -0.2) is 0 Å². The highest BCUT2D eigenvalue weighted by Crippen LogP contribution is 2.31. The number of thioether (sulfide) groups is 1. The van der Waals surface area contributed by atoms with E-state index >= 15 is 0 Å². The van der Waals surface area contributed by atoms with Gasteiger partial charge in [-0.2, -0.15) is 11.8 Å².